The molecule has 2 heterocycles. The molecule has 2 aromatic rings. The maximum Gasteiger partial charge on any atom is 0.291 e. The lowest BCUT2D eigenvalue weighted by Crippen LogP contribution is -2.39. The van der Waals surface area contributed by atoms with Crippen LogP contribution in [0.15, 0.2) is 35.1 Å². The van der Waals surface area contributed by atoms with E-state index in [9.17, 15) is 9.59 Å². The van der Waals surface area contributed by atoms with Gasteiger partial charge in [0.05, 0.1) is 5.69 Å². The Kier molecular flexibility index (Phi) is 6.50. The summed E-state index contributed by atoms with van der Waals surface area (Å²) >= 11 is 0. The van der Waals surface area contributed by atoms with E-state index in [1.165, 1.54) is 30.4 Å². The number of hydrogen-bond acceptors (Lipinski definition) is 4. The largest absolute Gasteiger partial charge is 0.438 e. The summed E-state index contributed by atoms with van der Waals surface area (Å²) in [6.07, 6.45) is 8.24. The molecule has 6 nitrogen and oxygen atoms in total. The lowest BCUT2D eigenvalue weighted by molar-refractivity contribution is -0.121. The van der Waals surface area contributed by atoms with Gasteiger partial charge in [0.25, 0.3) is 5.91 Å². The number of aryl methyl sites for hydroxylation is 2. The normalized spacial score (nSPS) is 17.2. The van der Waals surface area contributed by atoms with Crippen LogP contribution in [0.5, 0.6) is 0 Å². The topological polar surface area (TPSA) is 75.4 Å². The zero-order chi connectivity index (χ0) is 20.9. The zero-order valence-electron chi connectivity index (χ0n) is 17.7. The van der Waals surface area contributed by atoms with Crippen molar-refractivity contribution in [3.63, 3.8) is 0 Å². The molecule has 2 aliphatic rings. The second kappa shape index (κ2) is 9.45. The summed E-state index contributed by atoms with van der Waals surface area (Å²) in [5.41, 5.74) is 3.19. The van der Waals surface area contributed by atoms with E-state index in [4.69, 9.17) is 4.42 Å². The second-order valence-electron chi connectivity index (χ2n) is 8.77. The van der Waals surface area contributed by atoms with Crippen LogP contribution in [0.25, 0.3) is 0 Å². The number of hydrogen-bond donors (Lipinski definition) is 1. The minimum atomic E-state index is -0.0472. The second-order valence-corrected chi connectivity index (χ2v) is 8.77. The molecule has 1 saturated heterocycles. The van der Waals surface area contributed by atoms with Gasteiger partial charge in [0.2, 0.25) is 11.7 Å². The van der Waals surface area contributed by atoms with Crippen molar-refractivity contribution in [2.24, 2.45) is 11.8 Å². The first kappa shape index (κ1) is 20.6. The smallest absolute Gasteiger partial charge is 0.291 e. The molecule has 1 saturated carbocycles. The molecule has 0 unspecified atom stereocenters. The number of nitrogens with zero attached hydrogens (tertiary/aromatic N) is 2. The average Bonchev–Trinajstić information content (AvgIpc) is 3.50. The molecule has 2 fully saturated rings. The summed E-state index contributed by atoms with van der Waals surface area (Å²) in [5.74, 6) is 1.79. The zero-order valence-corrected chi connectivity index (χ0v) is 17.7. The molecule has 0 bridgehead atoms. The van der Waals surface area contributed by atoms with Crippen molar-refractivity contribution in [3.8, 4) is 0 Å². The number of oxazole rings is 1. The van der Waals surface area contributed by atoms with Gasteiger partial charge in [-0.05, 0) is 68.4 Å². The molecule has 0 spiro atoms. The predicted octanol–water partition coefficient (Wildman–Crippen LogP) is 3.54. The van der Waals surface area contributed by atoms with Crippen molar-refractivity contribution in [1.29, 1.82) is 0 Å². The van der Waals surface area contributed by atoms with Crippen molar-refractivity contribution in [1.82, 2.24) is 15.2 Å². The highest BCUT2D eigenvalue weighted by Crippen LogP contribution is 2.27. The van der Waals surface area contributed by atoms with Crippen LogP contribution in [0.3, 0.4) is 0 Å². The number of likely N-dealkylation sites (tertiary alicyclic amines) is 1. The van der Waals surface area contributed by atoms with Gasteiger partial charge >= 0.3 is 0 Å². The third kappa shape index (κ3) is 5.49. The van der Waals surface area contributed by atoms with E-state index in [-0.39, 0.29) is 11.8 Å². The molecule has 1 aliphatic carbocycles. The Morgan fingerprint density at radius 1 is 1.07 bits per heavy atom. The molecule has 0 atom stereocenters. The number of benzene rings is 1. The van der Waals surface area contributed by atoms with Crippen LogP contribution in [0, 0.1) is 18.8 Å². The minimum absolute atomic E-state index is 0.0472. The monoisotopic (exact) mass is 409 g/mol. The van der Waals surface area contributed by atoms with Crippen molar-refractivity contribution in [2.75, 3.05) is 19.6 Å². The molecule has 1 aromatic carbocycles. The van der Waals surface area contributed by atoms with Gasteiger partial charge in [-0.2, -0.15) is 0 Å². The summed E-state index contributed by atoms with van der Waals surface area (Å²) in [5, 5.41) is 3.03. The fourth-order valence-electron chi connectivity index (χ4n) is 4.09. The summed E-state index contributed by atoms with van der Waals surface area (Å²) in [7, 11) is 0. The fourth-order valence-corrected chi connectivity index (χ4v) is 4.09. The molecule has 6 heteroatoms. The van der Waals surface area contributed by atoms with Crippen LogP contribution in [0.4, 0.5) is 0 Å². The van der Waals surface area contributed by atoms with Crippen LogP contribution in [0.1, 0.15) is 59.5 Å². The number of carbonyl (C=O) groups is 2. The summed E-state index contributed by atoms with van der Waals surface area (Å²) < 4.78 is 5.25. The van der Waals surface area contributed by atoms with E-state index in [0.717, 1.165) is 51.2 Å². The van der Waals surface area contributed by atoms with E-state index < -0.39 is 0 Å². The van der Waals surface area contributed by atoms with E-state index >= 15 is 0 Å². The van der Waals surface area contributed by atoms with Gasteiger partial charge in [-0.15, -0.1) is 0 Å². The maximum atomic E-state index is 12.5. The van der Waals surface area contributed by atoms with E-state index in [1.54, 1.807) is 6.92 Å². The lowest BCUT2D eigenvalue weighted by atomic mass is 9.89. The van der Waals surface area contributed by atoms with E-state index in [1.807, 2.05) is 4.90 Å². The minimum Gasteiger partial charge on any atom is -0.438 e. The highest BCUT2D eigenvalue weighted by molar-refractivity contribution is 5.92. The van der Waals surface area contributed by atoms with Gasteiger partial charge in [0.1, 0.15) is 0 Å². The Morgan fingerprint density at radius 3 is 2.40 bits per heavy atom. The third-order valence-electron chi connectivity index (χ3n) is 6.31. The number of piperidine rings is 1. The molecule has 1 aliphatic heterocycles. The van der Waals surface area contributed by atoms with E-state index in [0.29, 0.717) is 23.8 Å². The molecule has 2 amide bonds. The van der Waals surface area contributed by atoms with Crippen molar-refractivity contribution >= 4 is 11.8 Å². The Morgan fingerprint density at radius 2 is 1.77 bits per heavy atom. The Bertz CT molecular complexity index is 862. The summed E-state index contributed by atoms with van der Waals surface area (Å²) in [4.78, 5) is 30.3. The number of aromatic nitrogens is 1. The first-order chi connectivity index (χ1) is 14.6. The van der Waals surface area contributed by atoms with Crippen LogP contribution in [-0.4, -0.2) is 41.3 Å². The first-order valence-corrected chi connectivity index (χ1v) is 11.1. The Balaban J connectivity index is 1.19. The highest BCUT2D eigenvalue weighted by atomic mass is 16.3. The third-order valence-corrected chi connectivity index (χ3v) is 6.31. The molecule has 160 valence electrons. The maximum absolute atomic E-state index is 12.5. The SMILES string of the molecule is Cc1ncoc1C(=O)N1CCC(Cc2ccc(CCC(=O)NCC3CC3)cc2)CC1. The Labute approximate surface area is 178 Å². The lowest BCUT2D eigenvalue weighted by Gasteiger charge is -2.31. The van der Waals surface area contributed by atoms with E-state index in [2.05, 4.69) is 34.6 Å². The predicted molar refractivity (Wildman–Crippen MR) is 114 cm³/mol. The number of rotatable bonds is 8. The van der Waals surface area contributed by atoms with Gasteiger partial charge in [-0.3, -0.25) is 9.59 Å². The molecule has 0 radical (unpaired) electrons. The molecule has 1 N–H and O–H groups in total. The first-order valence-electron chi connectivity index (χ1n) is 11.1. The molecule has 30 heavy (non-hydrogen) atoms. The highest BCUT2D eigenvalue weighted by Gasteiger charge is 2.26. The summed E-state index contributed by atoms with van der Waals surface area (Å²) in [6, 6.07) is 8.67. The van der Waals surface area contributed by atoms with Gasteiger partial charge in [-0.25, -0.2) is 4.98 Å². The van der Waals surface area contributed by atoms with Gasteiger partial charge in [0.15, 0.2) is 6.39 Å². The van der Waals surface area contributed by atoms with Gasteiger partial charge in [0, 0.05) is 26.1 Å². The number of carbonyl (C=O) groups excluding carboxylic acids is 2. The molecule has 4 rings (SSSR count). The quantitative estimate of drug-likeness (QED) is 0.724. The van der Waals surface area contributed by atoms with Crippen LogP contribution in [-0.2, 0) is 17.6 Å². The standard InChI is InChI=1S/C24H31N3O3/c1-17-23(30-16-26-17)24(29)27-12-10-20(11-13-27)14-19-4-2-18(3-5-19)8-9-22(28)25-15-21-6-7-21/h2-5,16,20-21H,6-15H2,1H3,(H,25,28). The number of nitrogens with one attached hydrogen (secondary N) is 1. The van der Waals surface area contributed by atoms with Crippen molar-refractivity contribution < 1.29 is 14.0 Å². The van der Waals surface area contributed by atoms with Gasteiger partial charge in [-0.1, -0.05) is 24.3 Å². The van der Waals surface area contributed by atoms with Crippen LogP contribution >= 0.6 is 0 Å². The van der Waals surface area contributed by atoms with Crippen LogP contribution < -0.4 is 5.32 Å². The average molecular weight is 410 g/mol. The summed E-state index contributed by atoms with van der Waals surface area (Å²) in [6.45, 7) is 4.17. The molecular formula is C24H31N3O3. The number of amides is 2. The molecule has 1 aromatic heterocycles. The Hall–Kier alpha value is -2.63. The van der Waals surface area contributed by atoms with Crippen LogP contribution in [0.2, 0.25) is 0 Å². The van der Waals surface area contributed by atoms with Gasteiger partial charge < -0.3 is 14.6 Å². The molecular weight excluding hydrogens is 378 g/mol. The fraction of sp³-hybridized carbons (Fsp3) is 0.542. The van der Waals surface area contributed by atoms with Crippen molar-refractivity contribution in [2.45, 2.75) is 51.9 Å². The van der Waals surface area contributed by atoms with Crippen molar-refractivity contribution in [3.05, 3.63) is 53.2 Å².